The maximum atomic E-state index is 12.2. The fourth-order valence-electron chi connectivity index (χ4n) is 1.44. The Bertz CT molecular complexity index is 516. The summed E-state index contributed by atoms with van der Waals surface area (Å²) in [5.74, 6) is 0.798. The van der Waals surface area contributed by atoms with E-state index in [9.17, 15) is 8.78 Å². The van der Waals surface area contributed by atoms with Crippen molar-refractivity contribution in [3.63, 3.8) is 0 Å². The van der Waals surface area contributed by atoms with Crippen molar-refractivity contribution in [2.45, 2.75) is 13.2 Å². The van der Waals surface area contributed by atoms with Gasteiger partial charge in [-0.05, 0) is 40.2 Å². The summed E-state index contributed by atoms with van der Waals surface area (Å²) in [7, 11) is 0. The highest BCUT2D eigenvalue weighted by Crippen LogP contribution is 2.26. The number of benzene rings is 1. The molecule has 0 saturated carbocycles. The van der Waals surface area contributed by atoms with E-state index >= 15 is 0 Å². The van der Waals surface area contributed by atoms with Crippen LogP contribution in [0, 0.1) is 0 Å². The Kier molecular flexibility index (Phi) is 4.19. The molecule has 1 aromatic heterocycles. The van der Waals surface area contributed by atoms with Gasteiger partial charge in [0.15, 0.2) is 4.67 Å². The second-order valence-electron chi connectivity index (χ2n) is 3.43. The molecule has 0 radical (unpaired) electrons. The molecule has 0 saturated heterocycles. The van der Waals surface area contributed by atoms with Crippen LogP contribution in [0.5, 0.6) is 5.75 Å². The van der Waals surface area contributed by atoms with E-state index in [4.69, 9.17) is 4.42 Å². The van der Waals surface area contributed by atoms with Crippen molar-refractivity contribution < 1.29 is 17.9 Å². The summed E-state index contributed by atoms with van der Waals surface area (Å²) < 4.78 is 34.7. The van der Waals surface area contributed by atoms with Gasteiger partial charge in [-0.2, -0.15) is 8.78 Å². The van der Waals surface area contributed by atoms with Crippen LogP contribution in [-0.2, 0) is 6.54 Å². The molecule has 0 atom stereocenters. The van der Waals surface area contributed by atoms with Crippen LogP contribution in [0.2, 0.25) is 0 Å². The van der Waals surface area contributed by atoms with Crippen molar-refractivity contribution in [2.24, 2.45) is 0 Å². The van der Waals surface area contributed by atoms with Crippen LogP contribution in [0.15, 0.2) is 45.5 Å². The van der Waals surface area contributed by atoms with Crippen molar-refractivity contribution in [1.29, 1.82) is 0 Å². The zero-order valence-corrected chi connectivity index (χ0v) is 10.8. The van der Waals surface area contributed by atoms with Gasteiger partial charge >= 0.3 is 6.61 Å². The normalized spacial score (nSPS) is 10.7. The Morgan fingerprint density at radius 3 is 2.67 bits per heavy atom. The molecule has 1 heterocycles. The molecule has 0 unspecified atom stereocenters. The molecule has 0 aliphatic heterocycles. The van der Waals surface area contributed by atoms with E-state index in [0.717, 1.165) is 0 Å². The summed E-state index contributed by atoms with van der Waals surface area (Å²) in [4.78, 5) is 0. The van der Waals surface area contributed by atoms with Gasteiger partial charge in [0.1, 0.15) is 11.5 Å². The van der Waals surface area contributed by atoms with Crippen LogP contribution in [0.1, 0.15) is 5.76 Å². The lowest BCUT2D eigenvalue weighted by atomic mass is 10.3. The molecule has 1 aromatic carbocycles. The van der Waals surface area contributed by atoms with Crippen molar-refractivity contribution in [1.82, 2.24) is 0 Å². The Balaban J connectivity index is 2.04. The third-order valence-electron chi connectivity index (χ3n) is 2.19. The quantitative estimate of drug-likeness (QED) is 0.895. The largest absolute Gasteiger partial charge is 0.452 e. The second-order valence-corrected chi connectivity index (χ2v) is 4.22. The number of hydrogen-bond donors (Lipinski definition) is 1. The minimum absolute atomic E-state index is 0.109. The molecule has 6 heteroatoms. The SMILES string of the molecule is FC(F)Oc1ccccc1NCc1ccc(Br)o1. The molecule has 2 aromatic rings. The van der Waals surface area contributed by atoms with E-state index in [-0.39, 0.29) is 5.75 Å². The van der Waals surface area contributed by atoms with Gasteiger partial charge in [0.25, 0.3) is 0 Å². The molecule has 0 amide bonds. The number of furan rings is 1. The molecular weight excluding hydrogens is 308 g/mol. The van der Waals surface area contributed by atoms with E-state index in [1.54, 1.807) is 30.3 Å². The Labute approximate surface area is 111 Å². The summed E-state index contributed by atoms with van der Waals surface area (Å²) >= 11 is 3.19. The van der Waals surface area contributed by atoms with Gasteiger partial charge in [-0.3, -0.25) is 0 Å². The van der Waals surface area contributed by atoms with Gasteiger partial charge < -0.3 is 14.5 Å². The van der Waals surface area contributed by atoms with Crippen molar-refractivity contribution in [3.8, 4) is 5.75 Å². The minimum Gasteiger partial charge on any atom is -0.452 e. The Hall–Kier alpha value is -1.56. The smallest absolute Gasteiger partial charge is 0.387 e. The van der Waals surface area contributed by atoms with Gasteiger partial charge in [-0.15, -0.1) is 0 Å². The average molecular weight is 318 g/mol. The first kappa shape index (κ1) is 12.9. The number of alkyl halides is 2. The van der Waals surface area contributed by atoms with Gasteiger partial charge in [0.05, 0.1) is 12.2 Å². The van der Waals surface area contributed by atoms with Crippen LogP contribution < -0.4 is 10.1 Å². The summed E-state index contributed by atoms with van der Waals surface area (Å²) in [6, 6.07) is 10.1. The van der Waals surface area contributed by atoms with Crippen LogP contribution in [0.4, 0.5) is 14.5 Å². The summed E-state index contributed by atoms with van der Waals surface area (Å²) in [6.45, 7) is -2.46. The van der Waals surface area contributed by atoms with Crippen molar-refractivity contribution in [3.05, 3.63) is 46.8 Å². The first-order valence-electron chi connectivity index (χ1n) is 5.17. The molecular formula is C12H10BrF2NO2. The third kappa shape index (κ3) is 3.46. The number of hydrogen-bond acceptors (Lipinski definition) is 3. The molecule has 96 valence electrons. The molecule has 0 aliphatic carbocycles. The average Bonchev–Trinajstić information content (AvgIpc) is 2.73. The van der Waals surface area contributed by atoms with Gasteiger partial charge in [-0.25, -0.2) is 0 Å². The monoisotopic (exact) mass is 317 g/mol. The lowest BCUT2D eigenvalue weighted by molar-refractivity contribution is -0.0493. The zero-order chi connectivity index (χ0) is 13.0. The number of para-hydroxylation sites is 2. The fourth-order valence-corrected chi connectivity index (χ4v) is 1.78. The number of anilines is 1. The lowest BCUT2D eigenvalue weighted by Gasteiger charge is -2.11. The molecule has 3 nitrogen and oxygen atoms in total. The highest BCUT2D eigenvalue weighted by molar-refractivity contribution is 9.10. The van der Waals surface area contributed by atoms with Crippen LogP contribution in [0.25, 0.3) is 0 Å². The summed E-state index contributed by atoms with van der Waals surface area (Å²) in [6.07, 6.45) is 0. The third-order valence-corrected chi connectivity index (χ3v) is 2.61. The minimum atomic E-state index is -2.84. The molecule has 2 rings (SSSR count). The predicted molar refractivity (Wildman–Crippen MR) is 66.8 cm³/mol. The van der Waals surface area contributed by atoms with Crippen LogP contribution >= 0.6 is 15.9 Å². The first-order valence-corrected chi connectivity index (χ1v) is 5.96. The second kappa shape index (κ2) is 5.86. The maximum Gasteiger partial charge on any atom is 0.387 e. The fraction of sp³-hybridized carbons (Fsp3) is 0.167. The maximum absolute atomic E-state index is 12.2. The highest BCUT2D eigenvalue weighted by atomic mass is 79.9. The van der Waals surface area contributed by atoms with Crippen LogP contribution in [-0.4, -0.2) is 6.61 Å². The Morgan fingerprint density at radius 2 is 2.00 bits per heavy atom. The van der Waals surface area contributed by atoms with E-state index in [2.05, 4.69) is 26.0 Å². The van der Waals surface area contributed by atoms with Crippen molar-refractivity contribution >= 4 is 21.6 Å². The van der Waals surface area contributed by atoms with E-state index in [1.807, 2.05) is 0 Å². The van der Waals surface area contributed by atoms with Gasteiger partial charge in [0.2, 0.25) is 0 Å². The molecule has 18 heavy (non-hydrogen) atoms. The molecule has 0 fully saturated rings. The number of rotatable bonds is 5. The lowest BCUT2D eigenvalue weighted by Crippen LogP contribution is -2.06. The van der Waals surface area contributed by atoms with E-state index < -0.39 is 6.61 Å². The van der Waals surface area contributed by atoms with Gasteiger partial charge in [-0.1, -0.05) is 12.1 Å². The Morgan fingerprint density at radius 1 is 1.22 bits per heavy atom. The van der Waals surface area contributed by atoms with E-state index in [1.165, 1.54) is 6.07 Å². The summed E-state index contributed by atoms with van der Waals surface area (Å²) in [5, 5.41) is 2.98. The molecule has 0 bridgehead atoms. The molecule has 0 spiro atoms. The zero-order valence-electron chi connectivity index (χ0n) is 9.20. The van der Waals surface area contributed by atoms with E-state index in [0.29, 0.717) is 22.7 Å². The predicted octanol–water partition coefficient (Wildman–Crippen LogP) is 4.26. The summed E-state index contributed by atoms with van der Waals surface area (Å²) in [5.41, 5.74) is 0.491. The first-order chi connectivity index (χ1) is 8.65. The molecule has 1 N–H and O–H groups in total. The number of halogens is 3. The van der Waals surface area contributed by atoms with Crippen LogP contribution in [0.3, 0.4) is 0 Å². The standard InChI is InChI=1S/C12H10BrF2NO2/c13-11-6-5-8(17-11)7-16-9-3-1-2-4-10(9)18-12(14)15/h1-6,12,16H,7H2. The van der Waals surface area contributed by atoms with Crippen molar-refractivity contribution in [2.75, 3.05) is 5.32 Å². The molecule has 0 aliphatic rings. The number of nitrogens with one attached hydrogen (secondary N) is 1. The number of ether oxygens (including phenoxy) is 1. The van der Waals surface area contributed by atoms with Gasteiger partial charge in [0, 0.05) is 0 Å². The topological polar surface area (TPSA) is 34.4 Å². The highest BCUT2D eigenvalue weighted by Gasteiger charge is 2.09.